The molecule has 86 valence electrons. The third-order valence-electron chi connectivity index (χ3n) is 2.03. The molecule has 3 nitrogen and oxygen atoms in total. The van der Waals surface area contributed by atoms with Crippen molar-refractivity contribution < 1.29 is 4.79 Å². The van der Waals surface area contributed by atoms with E-state index >= 15 is 0 Å². The fourth-order valence-corrected chi connectivity index (χ4v) is 1.56. The first kappa shape index (κ1) is 13.0. The van der Waals surface area contributed by atoms with E-state index in [1.807, 2.05) is 6.92 Å². The zero-order chi connectivity index (χ0) is 12.1. The molecule has 1 aromatic rings. The van der Waals surface area contributed by atoms with Crippen LogP contribution < -0.4 is 0 Å². The van der Waals surface area contributed by atoms with Gasteiger partial charge in [-0.15, -0.1) is 6.58 Å². The molecule has 0 atom stereocenters. The lowest BCUT2D eigenvalue weighted by Gasteiger charge is -2.18. The molecule has 0 bridgehead atoms. The number of halogens is 2. The fraction of sp³-hybridized carbons (Fsp3) is 0.273. The van der Waals surface area contributed by atoms with Crippen LogP contribution in [0.4, 0.5) is 0 Å². The number of carbonyl (C=O) groups excluding carboxylic acids is 1. The maximum absolute atomic E-state index is 12.0. The molecule has 0 fully saturated rings. The van der Waals surface area contributed by atoms with Crippen LogP contribution >= 0.6 is 23.2 Å². The van der Waals surface area contributed by atoms with Gasteiger partial charge in [-0.25, -0.2) is 4.98 Å². The molecule has 5 heteroatoms. The highest BCUT2D eigenvalue weighted by atomic mass is 35.5. The van der Waals surface area contributed by atoms with Crippen molar-refractivity contribution in [2.75, 3.05) is 13.1 Å². The number of pyridine rings is 1. The van der Waals surface area contributed by atoms with Crippen LogP contribution in [0.1, 0.15) is 17.4 Å². The Morgan fingerprint density at radius 1 is 1.56 bits per heavy atom. The third-order valence-corrected chi connectivity index (χ3v) is 2.55. The second-order valence-electron chi connectivity index (χ2n) is 3.10. The summed E-state index contributed by atoms with van der Waals surface area (Å²) in [4.78, 5) is 17.5. The minimum Gasteiger partial charge on any atom is -0.334 e. The van der Waals surface area contributed by atoms with Gasteiger partial charge in [-0.05, 0) is 19.1 Å². The third kappa shape index (κ3) is 2.97. The zero-order valence-corrected chi connectivity index (χ0v) is 10.4. The standard InChI is InChI=1S/C11H12Cl2N2O/c1-3-7-15(4-2)11(16)10-8(12)5-6-9(13)14-10/h3,5-6H,1,4,7H2,2H3. The van der Waals surface area contributed by atoms with Crippen LogP contribution in [-0.4, -0.2) is 28.9 Å². The predicted octanol–water partition coefficient (Wildman–Crippen LogP) is 3.04. The van der Waals surface area contributed by atoms with E-state index in [2.05, 4.69) is 11.6 Å². The number of nitrogens with zero attached hydrogens (tertiary/aromatic N) is 2. The lowest BCUT2D eigenvalue weighted by molar-refractivity contribution is 0.0776. The van der Waals surface area contributed by atoms with Gasteiger partial charge < -0.3 is 4.90 Å². The van der Waals surface area contributed by atoms with Gasteiger partial charge in [-0.2, -0.15) is 0 Å². The van der Waals surface area contributed by atoms with Gasteiger partial charge in [0, 0.05) is 13.1 Å². The minimum atomic E-state index is -0.241. The normalized spacial score (nSPS) is 9.94. The molecule has 0 saturated heterocycles. The Morgan fingerprint density at radius 3 is 2.81 bits per heavy atom. The van der Waals surface area contributed by atoms with Crippen LogP contribution in [0, 0.1) is 0 Å². The Morgan fingerprint density at radius 2 is 2.25 bits per heavy atom. The number of hydrogen-bond donors (Lipinski definition) is 0. The number of likely N-dealkylation sites (N-methyl/N-ethyl adjacent to an activating group) is 1. The molecular formula is C11H12Cl2N2O. The van der Waals surface area contributed by atoms with Crippen molar-refractivity contribution >= 4 is 29.1 Å². The number of hydrogen-bond acceptors (Lipinski definition) is 2. The highest BCUT2D eigenvalue weighted by Crippen LogP contribution is 2.18. The van der Waals surface area contributed by atoms with Crippen molar-refractivity contribution in [2.45, 2.75) is 6.92 Å². The Kier molecular flexibility index (Phi) is 4.77. The van der Waals surface area contributed by atoms with Crippen molar-refractivity contribution in [2.24, 2.45) is 0 Å². The largest absolute Gasteiger partial charge is 0.334 e. The fourth-order valence-electron chi connectivity index (χ4n) is 1.23. The van der Waals surface area contributed by atoms with Crippen LogP contribution in [0.2, 0.25) is 10.2 Å². The topological polar surface area (TPSA) is 33.2 Å². The molecule has 0 aliphatic rings. The van der Waals surface area contributed by atoms with Crippen LogP contribution in [0.25, 0.3) is 0 Å². The van der Waals surface area contributed by atoms with Gasteiger partial charge in [0.2, 0.25) is 0 Å². The van der Waals surface area contributed by atoms with Crippen molar-refractivity contribution in [3.05, 3.63) is 40.7 Å². The lowest BCUT2D eigenvalue weighted by Crippen LogP contribution is -2.31. The van der Waals surface area contributed by atoms with Crippen LogP contribution in [0.5, 0.6) is 0 Å². The van der Waals surface area contributed by atoms with E-state index in [0.717, 1.165) is 0 Å². The quantitative estimate of drug-likeness (QED) is 0.615. The second-order valence-corrected chi connectivity index (χ2v) is 3.89. The number of aromatic nitrogens is 1. The Hall–Kier alpha value is -1.06. The van der Waals surface area contributed by atoms with Gasteiger partial charge in [0.1, 0.15) is 10.8 Å². The summed E-state index contributed by atoms with van der Waals surface area (Å²) < 4.78 is 0. The molecule has 0 saturated carbocycles. The highest BCUT2D eigenvalue weighted by molar-refractivity contribution is 6.34. The summed E-state index contributed by atoms with van der Waals surface area (Å²) in [5, 5.41) is 0.555. The smallest absolute Gasteiger partial charge is 0.274 e. The van der Waals surface area contributed by atoms with Gasteiger partial charge in [0.25, 0.3) is 5.91 Å². The van der Waals surface area contributed by atoms with E-state index in [4.69, 9.17) is 23.2 Å². The highest BCUT2D eigenvalue weighted by Gasteiger charge is 2.18. The molecule has 0 spiro atoms. The second kappa shape index (κ2) is 5.87. The van der Waals surface area contributed by atoms with E-state index in [9.17, 15) is 4.79 Å². The van der Waals surface area contributed by atoms with Gasteiger partial charge in [0.15, 0.2) is 0 Å². The van der Waals surface area contributed by atoms with Crippen LogP contribution in [0.3, 0.4) is 0 Å². The van der Waals surface area contributed by atoms with Gasteiger partial charge >= 0.3 is 0 Å². The monoisotopic (exact) mass is 258 g/mol. The summed E-state index contributed by atoms with van der Waals surface area (Å²) in [5.41, 5.74) is 0.179. The number of rotatable bonds is 4. The maximum Gasteiger partial charge on any atom is 0.274 e. The summed E-state index contributed by atoms with van der Waals surface area (Å²) in [6, 6.07) is 3.11. The molecule has 16 heavy (non-hydrogen) atoms. The molecule has 1 aromatic heterocycles. The average molecular weight is 259 g/mol. The van der Waals surface area contributed by atoms with Crippen molar-refractivity contribution in [3.63, 3.8) is 0 Å². The molecular weight excluding hydrogens is 247 g/mol. The summed E-state index contributed by atoms with van der Waals surface area (Å²) in [5.74, 6) is -0.241. The molecule has 0 aliphatic heterocycles. The van der Waals surface area contributed by atoms with E-state index in [1.165, 1.54) is 0 Å². The van der Waals surface area contributed by atoms with E-state index in [1.54, 1.807) is 23.1 Å². The first-order chi connectivity index (χ1) is 7.60. The zero-order valence-electron chi connectivity index (χ0n) is 8.91. The SMILES string of the molecule is C=CCN(CC)C(=O)c1nc(Cl)ccc1Cl. The van der Waals surface area contributed by atoms with Crippen molar-refractivity contribution in [1.82, 2.24) is 9.88 Å². The molecule has 0 N–H and O–H groups in total. The molecule has 0 radical (unpaired) electrons. The van der Waals surface area contributed by atoms with Crippen molar-refractivity contribution in [3.8, 4) is 0 Å². The molecule has 1 heterocycles. The Labute approximate surface area is 105 Å². The van der Waals surface area contributed by atoms with E-state index in [-0.39, 0.29) is 16.8 Å². The molecule has 0 aromatic carbocycles. The predicted molar refractivity (Wildman–Crippen MR) is 66.0 cm³/mol. The molecule has 0 aliphatic carbocycles. The van der Waals surface area contributed by atoms with Crippen molar-refractivity contribution in [1.29, 1.82) is 0 Å². The van der Waals surface area contributed by atoms with E-state index in [0.29, 0.717) is 18.1 Å². The average Bonchev–Trinajstić information content (AvgIpc) is 2.28. The lowest BCUT2D eigenvalue weighted by atomic mass is 10.3. The Balaban J connectivity index is 3.02. The van der Waals surface area contributed by atoms with Gasteiger partial charge in [0.05, 0.1) is 5.02 Å². The molecule has 1 rings (SSSR count). The molecule has 0 unspecified atom stereocenters. The summed E-state index contributed by atoms with van der Waals surface area (Å²) >= 11 is 11.6. The summed E-state index contributed by atoms with van der Waals surface area (Å²) in [7, 11) is 0. The first-order valence-corrected chi connectivity index (χ1v) is 5.58. The number of amides is 1. The minimum absolute atomic E-state index is 0.179. The van der Waals surface area contributed by atoms with Gasteiger partial charge in [-0.1, -0.05) is 29.3 Å². The first-order valence-electron chi connectivity index (χ1n) is 4.82. The molecule has 1 amide bonds. The summed E-state index contributed by atoms with van der Waals surface area (Å²) in [6.07, 6.45) is 1.65. The number of carbonyl (C=O) groups is 1. The maximum atomic E-state index is 12.0. The van der Waals surface area contributed by atoms with Crippen LogP contribution in [-0.2, 0) is 0 Å². The summed E-state index contributed by atoms with van der Waals surface area (Å²) in [6.45, 7) is 6.49. The van der Waals surface area contributed by atoms with Crippen LogP contribution in [0.15, 0.2) is 24.8 Å². The van der Waals surface area contributed by atoms with Gasteiger partial charge in [-0.3, -0.25) is 4.79 Å². The Bertz CT molecular complexity index is 407. The van der Waals surface area contributed by atoms with E-state index < -0.39 is 0 Å².